The van der Waals surface area contributed by atoms with E-state index in [2.05, 4.69) is 34.0 Å². The number of morpholine rings is 1. The van der Waals surface area contributed by atoms with Crippen LogP contribution in [-0.2, 0) is 9.53 Å². The van der Waals surface area contributed by atoms with E-state index in [0.29, 0.717) is 52.6 Å². The van der Waals surface area contributed by atoms with Gasteiger partial charge in [0.15, 0.2) is 11.6 Å². The third-order valence-electron chi connectivity index (χ3n) is 7.96. The Hall–Kier alpha value is -3.92. The Bertz CT molecular complexity index is 1510. The van der Waals surface area contributed by atoms with Crippen LogP contribution in [0.15, 0.2) is 61.0 Å². The van der Waals surface area contributed by atoms with Crippen molar-refractivity contribution in [3.8, 4) is 5.75 Å². The van der Waals surface area contributed by atoms with Gasteiger partial charge in [-0.05, 0) is 73.6 Å². The van der Waals surface area contributed by atoms with Crippen molar-refractivity contribution in [2.24, 2.45) is 0 Å². The molecule has 5 rings (SSSR count). The van der Waals surface area contributed by atoms with Gasteiger partial charge in [0.1, 0.15) is 12.3 Å². The molecule has 0 unspecified atom stereocenters. The van der Waals surface area contributed by atoms with Gasteiger partial charge in [0.05, 0.1) is 24.5 Å². The Morgan fingerprint density at radius 2 is 1.81 bits per heavy atom. The molecule has 8 nitrogen and oxygen atoms in total. The van der Waals surface area contributed by atoms with Crippen molar-refractivity contribution >= 4 is 35.0 Å². The van der Waals surface area contributed by atoms with Crippen LogP contribution in [0, 0.1) is 5.82 Å². The molecule has 43 heavy (non-hydrogen) atoms. The molecular formula is C34H42FN5O3. The molecule has 0 bridgehead atoms. The molecule has 0 spiro atoms. The minimum Gasteiger partial charge on any atom is -0.485 e. The number of hydrogen-bond donors (Lipinski definition) is 3. The number of carbonyl (C=O) groups excluding carboxylic acids is 1. The molecule has 2 aromatic carbocycles. The molecule has 0 radical (unpaired) electrons. The number of ether oxygens (including phenoxy) is 2. The lowest BCUT2D eigenvalue weighted by Gasteiger charge is -2.33. The van der Waals surface area contributed by atoms with E-state index in [0.717, 1.165) is 69.1 Å². The number of benzene rings is 2. The molecule has 1 amide bonds. The summed E-state index contributed by atoms with van der Waals surface area (Å²) in [6.45, 7) is 15.0. The summed E-state index contributed by atoms with van der Waals surface area (Å²) in [5.74, 6) is -0.343. The van der Waals surface area contributed by atoms with Crippen molar-refractivity contribution in [3.63, 3.8) is 0 Å². The number of nitrogens with one attached hydrogen (secondary N) is 3. The molecule has 9 heteroatoms. The summed E-state index contributed by atoms with van der Waals surface area (Å²) in [5.41, 5.74) is 2.82. The van der Waals surface area contributed by atoms with Crippen molar-refractivity contribution in [3.05, 3.63) is 82.8 Å². The number of carbonyl (C=O) groups is 1. The molecule has 3 aliphatic rings. The molecule has 3 N–H and O–H groups in total. The van der Waals surface area contributed by atoms with Gasteiger partial charge >= 0.3 is 0 Å². The zero-order valence-corrected chi connectivity index (χ0v) is 25.0. The summed E-state index contributed by atoms with van der Waals surface area (Å²) >= 11 is 0. The Labute approximate surface area is 253 Å². The Morgan fingerprint density at radius 3 is 2.60 bits per heavy atom. The van der Waals surface area contributed by atoms with Crippen molar-refractivity contribution in [1.29, 1.82) is 0 Å². The Morgan fingerprint density at radius 1 is 1.05 bits per heavy atom. The highest BCUT2D eigenvalue weighted by atomic mass is 19.1. The number of halogens is 1. The lowest BCUT2D eigenvalue weighted by Crippen LogP contribution is -2.38. The van der Waals surface area contributed by atoms with Crippen molar-refractivity contribution in [2.75, 3.05) is 76.4 Å². The summed E-state index contributed by atoms with van der Waals surface area (Å²) in [4.78, 5) is 17.7. The second-order valence-corrected chi connectivity index (χ2v) is 10.9. The van der Waals surface area contributed by atoms with E-state index in [1.54, 1.807) is 6.20 Å². The third kappa shape index (κ3) is 7.18. The predicted octanol–water partition coefficient (Wildman–Crippen LogP) is 2.96. The van der Waals surface area contributed by atoms with Crippen molar-refractivity contribution < 1.29 is 18.7 Å². The van der Waals surface area contributed by atoms with Crippen molar-refractivity contribution in [2.45, 2.75) is 19.3 Å². The van der Waals surface area contributed by atoms with Crippen LogP contribution in [0.2, 0.25) is 0 Å². The van der Waals surface area contributed by atoms with Gasteiger partial charge in [-0.25, -0.2) is 4.39 Å². The van der Waals surface area contributed by atoms with Gasteiger partial charge in [-0.3, -0.25) is 9.69 Å². The van der Waals surface area contributed by atoms with Crippen LogP contribution >= 0.6 is 0 Å². The maximum absolute atomic E-state index is 15.8. The quantitative estimate of drug-likeness (QED) is 0.349. The van der Waals surface area contributed by atoms with Gasteiger partial charge in [-0.1, -0.05) is 37.4 Å². The molecule has 1 fully saturated rings. The Balaban J connectivity index is 1.47. The van der Waals surface area contributed by atoms with Gasteiger partial charge in [-0.2, -0.15) is 0 Å². The van der Waals surface area contributed by atoms with Gasteiger partial charge in [0.25, 0.3) is 5.91 Å². The van der Waals surface area contributed by atoms with Gasteiger partial charge in [0, 0.05) is 43.6 Å². The fourth-order valence-electron chi connectivity index (χ4n) is 5.59. The normalized spacial score (nSPS) is 18.2. The van der Waals surface area contributed by atoms with E-state index in [1.165, 1.54) is 6.07 Å². The van der Waals surface area contributed by atoms with Crippen LogP contribution in [0.1, 0.15) is 24.8 Å². The van der Waals surface area contributed by atoms with Crippen LogP contribution in [0.4, 0.5) is 15.8 Å². The number of anilines is 2. The summed E-state index contributed by atoms with van der Waals surface area (Å²) in [5, 5.41) is 11.4. The van der Waals surface area contributed by atoms with Crippen LogP contribution in [0.25, 0.3) is 17.7 Å². The number of rotatable bonds is 11. The van der Waals surface area contributed by atoms with E-state index < -0.39 is 5.82 Å². The zero-order valence-electron chi connectivity index (χ0n) is 25.0. The lowest BCUT2D eigenvalue weighted by molar-refractivity contribution is -0.117. The topological polar surface area (TPSA) is 78.1 Å². The first-order chi connectivity index (χ1) is 21.0. The SMILES string of the molecule is C=C1C(C(=O)NCCCN2CCOCC2)=CN2C(=C)/C=c3/cccc/c3=C/COc3c(NCCCCNC)c(F)cc1c32. The number of amides is 1. The molecule has 0 atom stereocenters. The summed E-state index contributed by atoms with van der Waals surface area (Å²) in [6, 6.07) is 9.40. The molecule has 0 aromatic heterocycles. The fraction of sp³-hybridized carbons (Fsp3) is 0.382. The molecular weight excluding hydrogens is 545 g/mol. The second kappa shape index (κ2) is 14.5. The summed E-state index contributed by atoms with van der Waals surface area (Å²) in [6.07, 6.45) is 8.33. The number of fused-ring (bicyclic) bond motifs is 1. The Kier molecular flexibility index (Phi) is 10.3. The summed E-state index contributed by atoms with van der Waals surface area (Å²) < 4.78 is 27.6. The first-order valence-electron chi connectivity index (χ1n) is 15.1. The molecule has 0 aliphatic carbocycles. The van der Waals surface area contributed by atoms with E-state index in [9.17, 15) is 4.79 Å². The molecule has 1 saturated heterocycles. The van der Waals surface area contributed by atoms with Crippen LogP contribution in [0.3, 0.4) is 0 Å². The first-order valence-corrected chi connectivity index (χ1v) is 15.1. The van der Waals surface area contributed by atoms with E-state index >= 15 is 4.39 Å². The minimum absolute atomic E-state index is 0.238. The highest BCUT2D eigenvalue weighted by Crippen LogP contribution is 2.49. The van der Waals surface area contributed by atoms with E-state index in [1.807, 2.05) is 48.4 Å². The lowest BCUT2D eigenvalue weighted by atomic mass is 9.92. The van der Waals surface area contributed by atoms with Gasteiger partial charge < -0.3 is 30.3 Å². The molecule has 3 heterocycles. The molecule has 228 valence electrons. The monoisotopic (exact) mass is 587 g/mol. The largest absolute Gasteiger partial charge is 0.485 e. The average Bonchev–Trinajstić information content (AvgIpc) is 3.01. The maximum atomic E-state index is 15.8. The average molecular weight is 588 g/mol. The molecule has 2 aromatic rings. The second-order valence-electron chi connectivity index (χ2n) is 10.9. The highest BCUT2D eigenvalue weighted by molar-refractivity contribution is 6.13. The first kappa shape index (κ1) is 30.5. The fourth-order valence-corrected chi connectivity index (χ4v) is 5.59. The zero-order chi connectivity index (χ0) is 30.2. The smallest absolute Gasteiger partial charge is 0.253 e. The van der Waals surface area contributed by atoms with E-state index in [4.69, 9.17) is 9.47 Å². The number of unbranched alkanes of at least 4 members (excludes halogenated alkanes) is 1. The van der Waals surface area contributed by atoms with Gasteiger partial charge in [0.2, 0.25) is 0 Å². The molecule has 0 saturated carbocycles. The van der Waals surface area contributed by atoms with Crippen LogP contribution < -0.4 is 36.0 Å². The number of nitrogens with zero attached hydrogens (tertiary/aromatic N) is 2. The molecule has 3 aliphatic heterocycles. The van der Waals surface area contributed by atoms with Crippen molar-refractivity contribution in [1.82, 2.24) is 15.5 Å². The predicted molar refractivity (Wildman–Crippen MR) is 172 cm³/mol. The summed E-state index contributed by atoms with van der Waals surface area (Å²) in [7, 11) is 1.92. The van der Waals surface area contributed by atoms with Crippen LogP contribution in [-0.4, -0.2) is 76.9 Å². The number of allylic oxidation sites excluding steroid dienone is 1. The van der Waals surface area contributed by atoms with E-state index in [-0.39, 0.29) is 12.5 Å². The maximum Gasteiger partial charge on any atom is 0.253 e. The highest BCUT2D eigenvalue weighted by Gasteiger charge is 2.32. The minimum atomic E-state index is -0.456. The number of hydrogen-bond acceptors (Lipinski definition) is 7. The van der Waals surface area contributed by atoms with Gasteiger partial charge in [-0.15, -0.1) is 0 Å². The standard InChI is InChI=1S/C34H42FN5O3/c1-24-21-27-10-5-4-9-26(27)11-18-43-33-31(37-13-7-6-12-36-3)30(35)22-28-25(2)29(23-40(24)32(28)33)34(41)38-14-8-15-39-16-19-42-20-17-39/h4-5,9-11,21-23,36-37H,1-2,6-8,12-20H2,3H3,(H,38,41)/b26-11-,27-21-. The third-order valence-corrected chi connectivity index (χ3v) is 7.96. The van der Waals surface area contributed by atoms with Crippen LogP contribution in [0.5, 0.6) is 5.75 Å².